The van der Waals surface area contributed by atoms with Crippen molar-refractivity contribution in [3.63, 3.8) is 0 Å². The van der Waals surface area contributed by atoms with Crippen LogP contribution in [0.2, 0.25) is 0 Å². The first-order valence-electron chi connectivity index (χ1n) is 10.0. The molecule has 8 heteroatoms. The third-order valence-electron chi connectivity index (χ3n) is 5.95. The maximum atomic E-state index is 14.3. The van der Waals surface area contributed by atoms with Crippen LogP contribution in [0.25, 0.3) is 0 Å². The van der Waals surface area contributed by atoms with Crippen LogP contribution in [0.1, 0.15) is 39.5 Å². The van der Waals surface area contributed by atoms with Crippen LogP contribution in [0.4, 0.5) is 14.0 Å². The molecule has 0 spiro atoms. The molecule has 2 fully saturated rings. The van der Waals surface area contributed by atoms with Crippen LogP contribution in [0.3, 0.4) is 0 Å². The minimum absolute atomic E-state index is 0.0226. The highest BCUT2D eigenvalue weighted by atomic mass is 35.5. The monoisotopic (exact) mass is 412 g/mol. The van der Waals surface area contributed by atoms with Gasteiger partial charge in [-0.15, -0.1) is 11.6 Å². The maximum absolute atomic E-state index is 14.3. The van der Waals surface area contributed by atoms with Gasteiger partial charge in [-0.1, -0.05) is 13.0 Å². The predicted octanol–water partition coefficient (Wildman–Crippen LogP) is 3.39. The molecule has 1 saturated carbocycles. The van der Waals surface area contributed by atoms with Gasteiger partial charge in [-0.3, -0.25) is 0 Å². The first-order valence-corrected chi connectivity index (χ1v) is 10.4. The second-order valence-corrected chi connectivity index (χ2v) is 9.03. The Labute approximate surface area is 171 Å². The van der Waals surface area contributed by atoms with Gasteiger partial charge in [0.05, 0.1) is 10.9 Å². The Kier molecular flexibility index (Phi) is 6.22. The molecule has 0 radical (unpaired) electrons. The summed E-state index contributed by atoms with van der Waals surface area (Å²) in [7, 11) is 1.64. The molecule has 0 aromatic carbocycles. The SMILES string of the molecule is CNC(=O)N(C1CC1)[C@@H]1CCCN(C(=O)NCC2=CC(C)C(C)(Cl)C=C2F)C1. The molecule has 28 heavy (non-hydrogen) atoms. The zero-order valence-corrected chi connectivity index (χ0v) is 17.6. The zero-order valence-electron chi connectivity index (χ0n) is 16.8. The summed E-state index contributed by atoms with van der Waals surface area (Å²) >= 11 is 6.29. The van der Waals surface area contributed by atoms with Gasteiger partial charge in [-0.25, -0.2) is 14.0 Å². The van der Waals surface area contributed by atoms with Crippen LogP contribution >= 0.6 is 11.6 Å². The van der Waals surface area contributed by atoms with Crippen LogP contribution in [0, 0.1) is 5.92 Å². The van der Waals surface area contributed by atoms with Crippen molar-refractivity contribution in [3.8, 4) is 0 Å². The third-order valence-corrected chi connectivity index (χ3v) is 6.41. The van der Waals surface area contributed by atoms with Gasteiger partial charge in [-0.05, 0) is 44.6 Å². The lowest BCUT2D eigenvalue weighted by Gasteiger charge is -2.39. The van der Waals surface area contributed by atoms with Crippen LogP contribution in [-0.2, 0) is 0 Å². The summed E-state index contributed by atoms with van der Waals surface area (Å²) in [5.74, 6) is -0.411. The molecule has 0 bridgehead atoms. The molecule has 1 saturated heterocycles. The van der Waals surface area contributed by atoms with E-state index in [-0.39, 0.29) is 42.4 Å². The van der Waals surface area contributed by atoms with E-state index < -0.39 is 4.87 Å². The van der Waals surface area contributed by atoms with Crippen LogP contribution in [0.5, 0.6) is 0 Å². The van der Waals surface area contributed by atoms with Gasteiger partial charge in [0.15, 0.2) is 0 Å². The Bertz CT molecular complexity index is 690. The highest BCUT2D eigenvalue weighted by Gasteiger charge is 2.39. The van der Waals surface area contributed by atoms with E-state index in [0.29, 0.717) is 18.7 Å². The highest BCUT2D eigenvalue weighted by molar-refractivity contribution is 6.25. The molecule has 2 unspecified atom stereocenters. The van der Waals surface area contributed by atoms with Gasteiger partial charge in [-0.2, -0.15) is 0 Å². The number of alkyl halides is 1. The Morgan fingerprint density at radius 2 is 2.07 bits per heavy atom. The van der Waals surface area contributed by atoms with Crippen molar-refractivity contribution in [2.75, 3.05) is 26.7 Å². The van der Waals surface area contributed by atoms with Gasteiger partial charge >= 0.3 is 12.1 Å². The summed E-state index contributed by atoms with van der Waals surface area (Å²) in [5, 5.41) is 5.54. The van der Waals surface area contributed by atoms with Gasteiger partial charge in [0.1, 0.15) is 5.83 Å². The number of allylic oxidation sites excluding steroid dienone is 2. The fraction of sp³-hybridized carbons (Fsp3) is 0.700. The van der Waals surface area contributed by atoms with Crippen molar-refractivity contribution in [2.24, 2.45) is 5.92 Å². The molecule has 3 rings (SSSR count). The number of nitrogens with one attached hydrogen (secondary N) is 2. The molecular weight excluding hydrogens is 383 g/mol. The lowest BCUT2D eigenvalue weighted by molar-refractivity contribution is 0.116. The molecule has 1 aliphatic heterocycles. The van der Waals surface area contributed by atoms with Crippen molar-refractivity contribution >= 4 is 23.7 Å². The van der Waals surface area contributed by atoms with Crippen molar-refractivity contribution in [3.05, 3.63) is 23.6 Å². The average Bonchev–Trinajstić information content (AvgIpc) is 3.48. The Balaban J connectivity index is 1.57. The van der Waals surface area contributed by atoms with E-state index in [4.69, 9.17) is 11.6 Å². The van der Waals surface area contributed by atoms with E-state index in [1.54, 1.807) is 24.9 Å². The number of hydrogen-bond donors (Lipinski definition) is 2. The van der Waals surface area contributed by atoms with E-state index in [1.165, 1.54) is 6.08 Å². The molecule has 0 aromatic heterocycles. The Hall–Kier alpha value is -1.76. The van der Waals surface area contributed by atoms with Gasteiger partial charge in [0, 0.05) is 38.3 Å². The largest absolute Gasteiger partial charge is 0.341 e. The van der Waals surface area contributed by atoms with E-state index in [9.17, 15) is 14.0 Å². The quantitative estimate of drug-likeness (QED) is 0.695. The first-order chi connectivity index (χ1) is 13.2. The predicted molar refractivity (Wildman–Crippen MR) is 108 cm³/mol. The maximum Gasteiger partial charge on any atom is 0.317 e. The smallest absolute Gasteiger partial charge is 0.317 e. The van der Waals surface area contributed by atoms with Gasteiger partial charge < -0.3 is 20.4 Å². The average molecular weight is 413 g/mol. The fourth-order valence-electron chi connectivity index (χ4n) is 3.92. The molecule has 3 aliphatic rings. The third kappa shape index (κ3) is 4.62. The number of nitrogens with zero attached hydrogens (tertiary/aromatic N) is 2. The van der Waals surface area contributed by atoms with Crippen molar-refractivity contribution in [2.45, 2.75) is 56.5 Å². The molecule has 4 amide bonds. The second-order valence-electron chi connectivity index (χ2n) is 8.22. The van der Waals surface area contributed by atoms with Crippen LogP contribution < -0.4 is 10.6 Å². The lowest BCUT2D eigenvalue weighted by Crippen LogP contribution is -2.56. The summed E-state index contributed by atoms with van der Waals surface area (Å²) in [6.45, 7) is 4.97. The number of carbonyl (C=O) groups excluding carboxylic acids is 2. The van der Waals surface area contributed by atoms with E-state index in [0.717, 1.165) is 25.7 Å². The molecule has 3 atom stereocenters. The highest BCUT2D eigenvalue weighted by Crippen LogP contribution is 2.36. The summed E-state index contributed by atoms with van der Waals surface area (Å²) in [6, 6.07) is 0.00532. The van der Waals surface area contributed by atoms with E-state index in [2.05, 4.69) is 10.6 Å². The topological polar surface area (TPSA) is 64.7 Å². The minimum Gasteiger partial charge on any atom is -0.341 e. The lowest BCUT2D eigenvalue weighted by atomic mass is 9.87. The number of piperidine rings is 1. The molecule has 2 aliphatic carbocycles. The summed E-state index contributed by atoms with van der Waals surface area (Å²) in [5.41, 5.74) is 0.456. The van der Waals surface area contributed by atoms with Gasteiger partial charge in [0.2, 0.25) is 0 Å². The van der Waals surface area contributed by atoms with E-state index >= 15 is 0 Å². The van der Waals surface area contributed by atoms with Gasteiger partial charge in [0.25, 0.3) is 0 Å². The summed E-state index contributed by atoms with van der Waals surface area (Å²) in [6.07, 6.45) is 6.97. The van der Waals surface area contributed by atoms with E-state index in [1.807, 2.05) is 11.8 Å². The van der Waals surface area contributed by atoms with Crippen molar-refractivity contribution in [1.29, 1.82) is 0 Å². The number of rotatable bonds is 4. The van der Waals surface area contributed by atoms with Crippen molar-refractivity contribution < 1.29 is 14.0 Å². The number of likely N-dealkylation sites (tertiary alicyclic amines) is 1. The second kappa shape index (κ2) is 8.31. The fourth-order valence-corrected chi connectivity index (χ4v) is 4.08. The molecule has 1 heterocycles. The Morgan fingerprint density at radius 1 is 1.36 bits per heavy atom. The molecule has 2 N–H and O–H groups in total. The van der Waals surface area contributed by atoms with Crippen LogP contribution in [-0.4, -0.2) is 65.5 Å². The first kappa shape index (κ1) is 21.0. The number of carbonyl (C=O) groups is 2. The molecular formula is C20H30ClFN4O2. The number of hydrogen-bond acceptors (Lipinski definition) is 2. The molecule has 0 aromatic rings. The van der Waals surface area contributed by atoms with Crippen LogP contribution in [0.15, 0.2) is 23.6 Å². The number of urea groups is 2. The minimum atomic E-state index is -0.746. The Morgan fingerprint density at radius 3 is 2.71 bits per heavy atom. The molecule has 6 nitrogen and oxygen atoms in total. The summed E-state index contributed by atoms with van der Waals surface area (Å²) in [4.78, 5) is 27.8. The number of amides is 4. The summed E-state index contributed by atoms with van der Waals surface area (Å²) < 4.78 is 14.3. The zero-order chi connectivity index (χ0) is 20.5. The molecule has 156 valence electrons. The normalized spacial score (nSPS) is 30.2. The number of halogens is 2. The standard InChI is InChI=1S/C20H30ClFN4O2/c1-13-9-14(17(22)10-20(13,2)21)11-24-19(28)25-8-4-5-16(12-25)26(15-6-7-15)18(27)23-3/h9-10,13,15-16H,4-8,11-12H2,1-3H3,(H,23,27)(H,24,28)/t13?,16-,20?/m1/s1. The van der Waals surface area contributed by atoms with Crippen molar-refractivity contribution in [1.82, 2.24) is 20.4 Å².